The first-order valence-corrected chi connectivity index (χ1v) is 10.7. The summed E-state index contributed by atoms with van der Waals surface area (Å²) in [6.45, 7) is 8.23. The summed E-state index contributed by atoms with van der Waals surface area (Å²) in [6, 6.07) is 15.3. The number of hydrogen-bond donors (Lipinski definition) is 2. The lowest BCUT2D eigenvalue weighted by atomic mass is 10.1. The standard InChI is InChI=1S/C25H28N4O2/c1-27-23-15-13-22(14-16-23)25(31)29-18-8-6-4-2-3-5-7-17-28-24(30)21-11-9-20(19-26)10-12-21/h9-16H,2-8,17-18H2,(H,28,30)(H,29,31). The van der Waals surface area contributed by atoms with E-state index in [9.17, 15) is 9.59 Å². The Labute approximate surface area is 184 Å². The summed E-state index contributed by atoms with van der Waals surface area (Å²) in [5.74, 6) is -0.201. The molecule has 2 N–H and O–H groups in total. The maximum Gasteiger partial charge on any atom is 0.251 e. The second-order valence-corrected chi connectivity index (χ2v) is 7.33. The Hall–Kier alpha value is -3.64. The van der Waals surface area contributed by atoms with Crippen LogP contribution in [0, 0.1) is 17.9 Å². The van der Waals surface area contributed by atoms with Crippen LogP contribution >= 0.6 is 0 Å². The number of carbonyl (C=O) groups is 2. The van der Waals surface area contributed by atoms with E-state index >= 15 is 0 Å². The molecule has 0 heterocycles. The predicted octanol–water partition coefficient (Wildman–Crippen LogP) is 5.00. The molecule has 31 heavy (non-hydrogen) atoms. The van der Waals surface area contributed by atoms with Gasteiger partial charge >= 0.3 is 0 Å². The fourth-order valence-corrected chi connectivity index (χ4v) is 3.13. The number of hydrogen-bond acceptors (Lipinski definition) is 3. The third kappa shape index (κ3) is 8.72. The molecule has 0 radical (unpaired) electrons. The molecule has 0 aliphatic carbocycles. The van der Waals surface area contributed by atoms with Crippen molar-refractivity contribution in [3.8, 4) is 6.07 Å². The van der Waals surface area contributed by atoms with E-state index in [4.69, 9.17) is 11.8 Å². The highest BCUT2D eigenvalue weighted by Gasteiger charge is 2.05. The smallest absolute Gasteiger partial charge is 0.251 e. The Kier molecular flexibility index (Phi) is 10.3. The minimum atomic E-state index is -0.103. The van der Waals surface area contributed by atoms with Gasteiger partial charge in [-0.2, -0.15) is 5.26 Å². The van der Waals surface area contributed by atoms with E-state index in [1.165, 1.54) is 0 Å². The lowest BCUT2D eigenvalue weighted by Crippen LogP contribution is -2.24. The van der Waals surface area contributed by atoms with Gasteiger partial charge in [-0.25, -0.2) is 4.85 Å². The van der Waals surface area contributed by atoms with Gasteiger partial charge in [-0.05, 0) is 37.1 Å². The summed E-state index contributed by atoms with van der Waals surface area (Å²) >= 11 is 0. The molecule has 0 bridgehead atoms. The molecule has 2 rings (SSSR count). The highest BCUT2D eigenvalue weighted by molar-refractivity contribution is 5.94. The Balaban J connectivity index is 1.44. The van der Waals surface area contributed by atoms with Gasteiger partial charge in [0.15, 0.2) is 5.69 Å². The summed E-state index contributed by atoms with van der Waals surface area (Å²) in [5, 5.41) is 14.6. The maximum absolute atomic E-state index is 12.0. The molecule has 0 aromatic heterocycles. The lowest BCUT2D eigenvalue weighted by Gasteiger charge is -2.06. The van der Waals surface area contributed by atoms with Crippen LogP contribution in [0.1, 0.15) is 71.2 Å². The van der Waals surface area contributed by atoms with Gasteiger partial charge in [0.25, 0.3) is 11.8 Å². The molecule has 2 aromatic carbocycles. The van der Waals surface area contributed by atoms with Crippen LogP contribution in [0.25, 0.3) is 4.85 Å². The first-order valence-electron chi connectivity index (χ1n) is 10.7. The second-order valence-electron chi connectivity index (χ2n) is 7.33. The minimum absolute atomic E-state index is 0.0976. The normalized spacial score (nSPS) is 10.0. The number of nitrogens with one attached hydrogen (secondary N) is 2. The minimum Gasteiger partial charge on any atom is -0.352 e. The van der Waals surface area contributed by atoms with Crippen LogP contribution in [0.5, 0.6) is 0 Å². The molecule has 0 aliphatic heterocycles. The van der Waals surface area contributed by atoms with Gasteiger partial charge < -0.3 is 10.6 Å². The number of unbranched alkanes of at least 4 members (excludes halogenated alkanes) is 6. The molecule has 2 amide bonds. The number of nitrogens with zero attached hydrogens (tertiary/aromatic N) is 2. The van der Waals surface area contributed by atoms with E-state index < -0.39 is 0 Å². The van der Waals surface area contributed by atoms with Crippen LogP contribution in [-0.2, 0) is 0 Å². The number of rotatable bonds is 12. The van der Waals surface area contributed by atoms with Crippen molar-refractivity contribution in [1.29, 1.82) is 5.26 Å². The van der Waals surface area contributed by atoms with E-state index in [2.05, 4.69) is 15.5 Å². The van der Waals surface area contributed by atoms with Crippen LogP contribution in [-0.4, -0.2) is 24.9 Å². The van der Waals surface area contributed by atoms with E-state index in [-0.39, 0.29) is 11.8 Å². The molecule has 2 aromatic rings. The van der Waals surface area contributed by atoms with Gasteiger partial charge in [0.1, 0.15) is 0 Å². The first kappa shape index (κ1) is 23.6. The fraction of sp³-hybridized carbons (Fsp3) is 0.360. The molecular weight excluding hydrogens is 388 g/mol. The van der Waals surface area contributed by atoms with Gasteiger partial charge in [-0.15, -0.1) is 0 Å². The quantitative estimate of drug-likeness (QED) is 0.377. The van der Waals surface area contributed by atoms with Crippen LogP contribution in [0.3, 0.4) is 0 Å². The Bertz CT molecular complexity index is 844. The van der Waals surface area contributed by atoms with Crippen LogP contribution < -0.4 is 10.6 Å². The zero-order chi connectivity index (χ0) is 22.3. The highest BCUT2D eigenvalue weighted by Crippen LogP contribution is 2.12. The van der Waals surface area contributed by atoms with Gasteiger partial charge in [-0.1, -0.05) is 56.4 Å². The van der Waals surface area contributed by atoms with Crippen LogP contribution in [0.15, 0.2) is 48.5 Å². The molecule has 6 heteroatoms. The molecule has 0 atom stereocenters. The van der Waals surface area contributed by atoms with Crippen LogP contribution in [0.2, 0.25) is 0 Å². The molecule has 160 valence electrons. The summed E-state index contributed by atoms with van der Waals surface area (Å²) in [4.78, 5) is 27.3. The SMILES string of the molecule is [C-]#[N+]c1ccc(C(=O)NCCCCCCCCCNC(=O)c2ccc(C#N)cc2)cc1. The number of carbonyl (C=O) groups excluding carboxylic acids is 2. The van der Waals surface area contributed by atoms with Crippen molar-refractivity contribution in [3.63, 3.8) is 0 Å². The van der Waals surface area contributed by atoms with Crippen LogP contribution in [0.4, 0.5) is 5.69 Å². The monoisotopic (exact) mass is 416 g/mol. The average molecular weight is 417 g/mol. The highest BCUT2D eigenvalue weighted by atomic mass is 16.2. The molecule has 6 nitrogen and oxygen atoms in total. The topological polar surface area (TPSA) is 86.3 Å². The van der Waals surface area contributed by atoms with Gasteiger partial charge in [0.05, 0.1) is 18.2 Å². The first-order chi connectivity index (χ1) is 15.1. The molecule has 0 spiro atoms. The van der Waals surface area contributed by atoms with Gasteiger partial charge in [0.2, 0.25) is 0 Å². The van der Waals surface area contributed by atoms with Crippen molar-refractivity contribution >= 4 is 17.5 Å². The number of amides is 2. The molecule has 0 saturated heterocycles. The maximum atomic E-state index is 12.0. The molecule has 0 fully saturated rings. The molecular formula is C25H28N4O2. The molecule has 0 saturated carbocycles. The Morgan fingerprint density at radius 2 is 1.16 bits per heavy atom. The van der Waals surface area contributed by atoms with Crippen molar-refractivity contribution < 1.29 is 9.59 Å². The van der Waals surface area contributed by atoms with Crippen molar-refractivity contribution in [2.24, 2.45) is 0 Å². The van der Waals surface area contributed by atoms with Gasteiger partial charge in [-0.3, -0.25) is 9.59 Å². The molecule has 0 aliphatic rings. The largest absolute Gasteiger partial charge is 0.352 e. The summed E-state index contributed by atoms with van der Waals surface area (Å²) in [7, 11) is 0. The number of benzene rings is 2. The third-order valence-electron chi connectivity index (χ3n) is 4.96. The third-order valence-corrected chi connectivity index (χ3v) is 4.96. The van der Waals surface area contributed by atoms with Crippen molar-refractivity contribution in [1.82, 2.24) is 10.6 Å². The molecule has 0 unspecified atom stereocenters. The Morgan fingerprint density at radius 1 is 0.742 bits per heavy atom. The van der Waals surface area contributed by atoms with Crippen molar-refractivity contribution in [2.75, 3.05) is 13.1 Å². The van der Waals surface area contributed by atoms with Gasteiger partial charge in [0, 0.05) is 24.2 Å². The van der Waals surface area contributed by atoms with Crippen molar-refractivity contribution in [3.05, 3.63) is 76.6 Å². The van der Waals surface area contributed by atoms with E-state index in [1.807, 2.05) is 6.07 Å². The zero-order valence-corrected chi connectivity index (χ0v) is 17.7. The predicted molar refractivity (Wildman–Crippen MR) is 121 cm³/mol. The lowest BCUT2D eigenvalue weighted by molar-refractivity contribution is 0.0945. The zero-order valence-electron chi connectivity index (χ0n) is 17.7. The average Bonchev–Trinajstić information content (AvgIpc) is 2.82. The number of nitriles is 1. The van der Waals surface area contributed by atoms with Crippen molar-refractivity contribution in [2.45, 2.75) is 44.9 Å². The van der Waals surface area contributed by atoms with E-state index in [1.54, 1.807) is 48.5 Å². The summed E-state index contributed by atoms with van der Waals surface area (Å²) < 4.78 is 0. The second kappa shape index (κ2) is 13.6. The summed E-state index contributed by atoms with van der Waals surface area (Å²) in [6.07, 6.45) is 7.46. The summed E-state index contributed by atoms with van der Waals surface area (Å²) in [5.41, 5.74) is 2.24. The van der Waals surface area contributed by atoms with E-state index in [0.717, 1.165) is 44.9 Å². The van der Waals surface area contributed by atoms with E-state index in [0.29, 0.717) is 35.5 Å². The fourth-order valence-electron chi connectivity index (χ4n) is 3.13. The Morgan fingerprint density at radius 3 is 1.58 bits per heavy atom.